The molecule has 0 fully saturated rings. The molecular weight excluding hydrogens is 388 g/mol. The lowest BCUT2D eigenvalue weighted by atomic mass is 10.2. The van der Waals surface area contributed by atoms with Gasteiger partial charge in [0.25, 0.3) is 0 Å². The molecule has 0 radical (unpaired) electrons. The second kappa shape index (κ2) is 12.3. The molecule has 0 aliphatic carbocycles. The van der Waals surface area contributed by atoms with Crippen LogP contribution in [-0.4, -0.2) is 44.3 Å². The van der Waals surface area contributed by atoms with Crippen molar-refractivity contribution in [3.8, 4) is 11.5 Å². The zero-order valence-corrected chi connectivity index (χ0v) is 15.3. The third kappa shape index (κ3) is 8.91. The molecule has 154 valence electrons. The smallest absolute Gasteiger partial charge is 0.341 e. The van der Waals surface area contributed by atoms with E-state index in [9.17, 15) is 19.2 Å². The Hall–Kier alpha value is -4.08. The Morgan fingerprint density at radius 2 is 1.07 bits per heavy atom. The van der Waals surface area contributed by atoms with E-state index in [1.165, 1.54) is 18.2 Å². The standard InChI is InChI=1S/C19H18O10/c1-4-16(20)26-10-24-14-7-13(19(23)29-12-28-18(22)6-3)8-15(9-14)25-11-27-17(21)5-2/h4-9H,1-3,10-12H2. The molecule has 0 N–H and O–H groups in total. The summed E-state index contributed by atoms with van der Waals surface area (Å²) in [7, 11) is 0. The van der Waals surface area contributed by atoms with E-state index in [1.54, 1.807) is 0 Å². The Bertz CT molecular complexity index is 752. The minimum atomic E-state index is -0.872. The molecular formula is C19H18O10. The number of carbonyl (C=O) groups excluding carboxylic acids is 4. The van der Waals surface area contributed by atoms with E-state index in [0.29, 0.717) is 0 Å². The van der Waals surface area contributed by atoms with Gasteiger partial charge in [0.2, 0.25) is 20.4 Å². The molecule has 10 heteroatoms. The number of benzene rings is 1. The van der Waals surface area contributed by atoms with Gasteiger partial charge in [-0.25, -0.2) is 19.2 Å². The Morgan fingerprint density at radius 1 is 0.655 bits per heavy atom. The van der Waals surface area contributed by atoms with Gasteiger partial charge in [-0.3, -0.25) is 0 Å². The number of esters is 4. The van der Waals surface area contributed by atoms with Gasteiger partial charge in [0, 0.05) is 24.3 Å². The highest BCUT2D eigenvalue weighted by atomic mass is 16.7. The summed E-state index contributed by atoms with van der Waals surface area (Å²) in [6.45, 7) is 8.10. The Morgan fingerprint density at radius 3 is 1.48 bits per heavy atom. The van der Waals surface area contributed by atoms with Gasteiger partial charge in [-0.2, -0.15) is 0 Å². The maximum absolute atomic E-state index is 12.1. The van der Waals surface area contributed by atoms with Crippen molar-refractivity contribution in [2.24, 2.45) is 0 Å². The van der Waals surface area contributed by atoms with Crippen LogP contribution in [0.25, 0.3) is 0 Å². The third-order valence-corrected chi connectivity index (χ3v) is 2.86. The number of rotatable bonds is 12. The lowest BCUT2D eigenvalue weighted by molar-refractivity contribution is -0.146. The van der Waals surface area contributed by atoms with Crippen molar-refractivity contribution < 1.29 is 47.6 Å². The fourth-order valence-electron chi connectivity index (χ4n) is 1.57. The molecule has 0 aromatic heterocycles. The van der Waals surface area contributed by atoms with Gasteiger partial charge in [-0.05, 0) is 12.1 Å². The van der Waals surface area contributed by atoms with Crippen molar-refractivity contribution >= 4 is 23.9 Å². The summed E-state index contributed by atoms with van der Waals surface area (Å²) < 4.78 is 29.1. The van der Waals surface area contributed by atoms with E-state index < -0.39 is 44.3 Å². The van der Waals surface area contributed by atoms with Crippen LogP contribution in [0, 0.1) is 0 Å². The molecule has 0 heterocycles. The van der Waals surface area contributed by atoms with E-state index >= 15 is 0 Å². The van der Waals surface area contributed by atoms with Crippen LogP contribution in [0.2, 0.25) is 0 Å². The van der Waals surface area contributed by atoms with Crippen LogP contribution >= 0.6 is 0 Å². The largest absolute Gasteiger partial charge is 0.457 e. The Balaban J connectivity index is 2.85. The van der Waals surface area contributed by atoms with E-state index in [2.05, 4.69) is 33.9 Å². The first-order valence-corrected chi connectivity index (χ1v) is 7.85. The van der Waals surface area contributed by atoms with Gasteiger partial charge in [0.05, 0.1) is 5.56 Å². The quantitative estimate of drug-likeness (QED) is 0.219. The average molecular weight is 406 g/mol. The summed E-state index contributed by atoms with van der Waals surface area (Å²) >= 11 is 0. The van der Waals surface area contributed by atoms with Crippen LogP contribution < -0.4 is 9.47 Å². The topological polar surface area (TPSA) is 124 Å². The molecule has 0 bridgehead atoms. The fourth-order valence-corrected chi connectivity index (χ4v) is 1.57. The number of hydrogen-bond acceptors (Lipinski definition) is 10. The predicted octanol–water partition coefficient (Wildman–Crippen LogP) is 1.66. The summed E-state index contributed by atoms with van der Waals surface area (Å²) in [6.07, 6.45) is 2.80. The molecule has 10 nitrogen and oxygen atoms in total. The molecule has 29 heavy (non-hydrogen) atoms. The van der Waals surface area contributed by atoms with Gasteiger partial charge < -0.3 is 28.4 Å². The van der Waals surface area contributed by atoms with Crippen LogP contribution in [-0.2, 0) is 33.3 Å². The van der Waals surface area contributed by atoms with Crippen LogP contribution in [0.4, 0.5) is 0 Å². The van der Waals surface area contributed by atoms with Gasteiger partial charge in [-0.1, -0.05) is 19.7 Å². The highest BCUT2D eigenvalue weighted by Crippen LogP contribution is 2.24. The summed E-state index contributed by atoms with van der Waals surface area (Å²) in [5.74, 6) is -2.92. The lowest BCUT2D eigenvalue weighted by Gasteiger charge is -2.12. The Kier molecular flexibility index (Phi) is 9.76. The van der Waals surface area contributed by atoms with Crippen LogP contribution in [0.5, 0.6) is 11.5 Å². The lowest BCUT2D eigenvalue weighted by Crippen LogP contribution is -2.13. The zero-order chi connectivity index (χ0) is 21.6. The fraction of sp³-hybridized carbons (Fsp3) is 0.158. The second-order valence-electron chi connectivity index (χ2n) is 4.77. The molecule has 0 spiro atoms. The Labute approximate surface area is 165 Å². The first-order valence-electron chi connectivity index (χ1n) is 7.85. The molecule has 1 aromatic carbocycles. The maximum Gasteiger partial charge on any atom is 0.341 e. The van der Waals surface area contributed by atoms with E-state index in [4.69, 9.17) is 14.2 Å². The van der Waals surface area contributed by atoms with E-state index in [-0.39, 0.29) is 17.1 Å². The van der Waals surface area contributed by atoms with Crippen molar-refractivity contribution in [1.29, 1.82) is 0 Å². The van der Waals surface area contributed by atoms with Crippen LogP contribution in [0.3, 0.4) is 0 Å². The van der Waals surface area contributed by atoms with Crippen molar-refractivity contribution in [1.82, 2.24) is 0 Å². The summed E-state index contributed by atoms with van der Waals surface area (Å²) in [5.41, 5.74) is -0.0442. The van der Waals surface area contributed by atoms with E-state index in [0.717, 1.165) is 18.2 Å². The summed E-state index contributed by atoms with van der Waals surface area (Å²) in [5, 5.41) is 0. The van der Waals surface area contributed by atoms with E-state index in [1.807, 2.05) is 0 Å². The average Bonchev–Trinajstić information content (AvgIpc) is 2.72. The molecule has 0 atom stereocenters. The van der Waals surface area contributed by atoms with Gasteiger partial charge in [-0.15, -0.1) is 0 Å². The molecule has 0 aliphatic heterocycles. The van der Waals surface area contributed by atoms with Crippen molar-refractivity contribution in [3.05, 3.63) is 61.7 Å². The first-order chi connectivity index (χ1) is 13.9. The van der Waals surface area contributed by atoms with Gasteiger partial charge in [0.15, 0.2) is 0 Å². The minimum Gasteiger partial charge on any atom is -0.457 e. The first kappa shape index (κ1) is 23.0. The van der Waals surface area contributed by atoms with Crippen LogP contribution in [0.1, 0.15) is 10.4 Å². The molecule has 1 aromatic rings. The number of hydrogen-bond donors (Lipinski definition) is 0. The number of carbonyl (C=O) groups is 4. The molecule has 0 unspecified atom stereocenters. The second-order valence-corrected chi connectivity index (χ2v) is 4.77. The summed E-state index contributed by atoms with van der Waals surface area (Å²) in [4.78, 5) is 45.2. The third-order valence-electron chi connectivity index (χ3n) is 2.86. The summed E-state index contributed by atoms with van der Waals surface area (Å²) in [6, 6.07) is 3.88. The SMILES string of the molecule is C=CC(=O)OCOC(=O)c1cc(OCOC(=O)C=C)cc(OCOC(=O)C=C)c1. The molecule has 0 amide bonds. The minimum absolute atomic E-state index is 0.0442. The molecule has 1 rings (SSSR count). The van der Waals surface area contributed by atoms with Crippen molar-refractivity contribution in [2.45, 2.75) is 0 Å². The monoisotopic (exact) mass is 406 g/mol. The van der Waals surface area contributed by atoms with Crippen LogP contribution in [0.15, 0.2) is 56.2 Å². The van der Waals surface area contributed by atoms with Crippen molar-refractivity contribution in [3.63, 3.8) is 0 Å². The van der Waals surface area contributed by atoms with Crippen molar-refractivity contribution in [2.75, 3.05) is 20.4 Å². The normalized spacial score (nSPS) is 9.38. The molecule has 0 saturated carbocycles. The zero-order valence-electron chi connectivity index (χ0n) is 15.3. The maximum atomic E-state index is 12.1. The van der Waals surface area contributed by atoms with Gasteiger partial charge in [0.1, 0.15) is 11.5 Å². The number of ether oxygens (including phenoxy) is 6. The highest BCUT2D eigenvalue weighted by Gasteiger charge is 2.13. The molecule has 0 saturated heterocycles. The molecule has 0 aliphatic rings. The highest BCUT2D eigenvalue weighted by molar-refractivity contribution is 5.90. The predicted molar refractivity (Wildman–Crippen MR) is 96.6 cm³/mol. The van der Waals surface area contributed by atoms with Gasteiger partial charge >= 0.3 is 23.9 Å².